The number of carbonyl (C=O) groups is 2. The minimum absolute atomic E-state index is 0.0842. The quantitative estimate of drug-likeness (QED) is 0.743. The van der Waals surface area contributed by atoms with Crippen LogP contribution >= 0.6 is 0 Å². The van der Waals surface area contributed by atoms with Crippen molar-refractivity contribution in [2.75, 3.05) is 23.3 Å². The van der Waals surface area contributed by atoms with Gasteiger partial charge in [-0.2, -0.15) is 0 Å². The fourth-order valence-corrected chi connectivity index (χ4v) is 2.57. The van der Waals surface area contributed by atoms with Crippen molar-refractivity contribution in [2.24, 2.45) is 0 Å². The van der Waals surface area contributed by atoms with E-state index < -0.39 is 0 Å². The molecular weight excluding hydrogens is 300 g/mol. The molecule has 0 saturated heterocycles. The van der Waals surface area contributed by atoms with Crippen LogP contribution in [0.5, 0.6) is 0 Å². The lowest BCUT2D eigenvalue weighted by Crippen LogP contribution is -2.34. The van der Waals surface area contributed by atoms with Crippen LogP contribution in [-0.4, -0.2) is 24.8 Å². The maximum absolute atomic E-state index is 12.2. The van der Waals surface area contributed by atoms with Gasteiger partial charge < -0.3 is 10.2 Å². The molecule has 0 radical (unpaired) electrons. The monoisotopic (exact) mass is 324 g/mol. The van der Waals surface area contributed by atoms with Crippen molar-refractivity contribution < 1.29 is 9.59 Å². The fourth-order valence-electron chi connectivity index (χ4n) is 2.57. The second kappa shape index (κ2) is 8.87. The summed E-state index contributed by atoms with van der Waals surface area (Å²) in [5, 5.41) is 3.29. The predicted molar refractivity (Wildman–Crippen MR) is 98.6 cm³/mol. The second-order valence-corrected chi connectivity index (χ2v) is 5.48. The average Bonchev–Trinajstić information content (AvgIpc) is 2.65. The largest absolute Gasteiger partial charge is 0.383 e. The molecule has 0 unspecified atom stereocenters. The summed E-state index contributed by atoms with van der Waals surface area (Å²) in [6, 6.07) is 17.2. The van der Waals surface area contributed by atoms with Crippen LogP contribution in [0.15, 0.2) is 54.6 Å². The zero-order valence-electron chi connectivity index (χ0n) is 14.3. The van der Waals surface area contributed by atoms with Gasteiger partial charge in [0.2, 0.25) is 5.91 Å². The molecule has 4 nitrogen and oxygen atoms in total. The lowest BCUT2D eigenvalue weighted by molar-refractivity contribution is -0.118. The van der Waals surface area contributed by atoms with Crippen LogP contribution in [0.2, 0.25) is 0 Å². The molecule has 0 aromatic heterocycles. The Labute approximate surface area is 143 Å². The van der Waals surface area contributed by atoms with Crippen LogP contribution in [0.25, 0.3) is 0 Å². The van der Waals surface area contributed by atoms with Crippen molar-refractivity contribution in [1.82, 2.24) is 0 Å². The van der Waals surface area contributed by atoms with Crippen LogP contribution in [0.1, 0.15) is 37.0 Å². The third-order valence-corrected chi connectivity index (χ3v) is 3.87. The van der Waals surface area contributed by atoms with Crippen molar-refractivity contribution in [1.29, 1.82) is 0 Å². The van der Waals surface area contributed by atoms with E-state index in [2.05, 4.69) is 5.32 Å². The summed E-state index contributed by atoms with van der Waals surface area (Å²) < 4.78 is 0. The number of rotatable bonds is 8. The molecule has 2 rings (SSSR count). The molecule has 0 saturated carbocycles. The highest BCUT2D eigenvalue weighted by Gasteiger charge is 2.14. The van der Waals surface area contributed by atoms with Crippen LogP contribution in [0, 0.1) is 0 Å². The van der Waals surface area contributed by atoms with E-state index in [0.717, 1.165) is 11.4 Å². The molecule has 2 aromatic rings. The van der Waals surface area contributed by atoms with Crippen molar-refractivity contribution in [3.8, 4) is 0 Å². The minimum atomic E-state index is 0.0842. The Balaban J connectivity index is 2.06. The number of Topliss-reactive ketones (excluding diaryl/α,β-unsaturated/α-hetero) is 1. The third-order valence-electron chi connectivity index (χ3n) is 3.87. The molecule has 4 heteroatoms. The Bertz CT molecular complexity index is 683. The number of ketones is 1. The molecule has 24 heavy (non-hydrogen) atoms. The summed E-state index contributed by atoms with van der Waals surface area (Å²) in [5.41, 5.74) is 2.42. The Hall–Kier alpha value is -2.62. The van der Waals surface area contributed by atoms with Gasteiger partial charge in [-0.05, 0) is 24.3 Å². The molecule has 0 fully saturated rings. The molecule has 0 spiro atoms. The zero-order valence-corrected chi connectivity index (χ0v) is 14.3. The summed E-state index contributed by atoms with van der Waals surface area (Å²) in [6.07, 6.45) is 0.933. The predicted octanol–water partition coefficient (Wildman–Crippen LogP) is 4.13. The molecule has 1 N–H and O–H groups in total. The van der Waals surface area contributed by atoms with E-state index in [1.807, 2.05) is 68.4 Å². The highest BCUT2D eigenvalue weighted by molar-refractivity contribution is 6.01. The number of anilines is 2. The van der Waals surface area contributed by atoms with Crippen molar-refractivity contribution in [3.63, 3.8) is 0 Å². The standard InChI is InChI=1S/C20H24N2O2/c1-3-19(23)17-12-8-9-13-18(17)21-14-15-22(20(24)4-2)16-10-6-5-7-11-16/h5-13,21H,3-4,14-15H2,1-2H3. The van der Waals surface area contributed by atoms with Gasteiger partial charge in [0.25, 0.3) is 0 Å². The van der Waals surface area contributed by atoms with Crippen molar-refractivity contribution in [3.05, 3.63) is 60.2 Å². The van der Waals surface area contributed by atoms with Crippen LogP contribution in [-0.2, 0) is 4.79 Å². The smallest absolute Gasteiger partial charge is 0.226 e. The van der Waals surface area contributed by atoms with Crippen LogP contribution in [0.4, 0.5) is 11.4 Å². The molecule has 0 atom stereocenters. The topological polar surface area (TPSA) is 49.4 Å². The first-order chi connectivity index (χ1) is 11.7. The van der Waals surface area contributed by atoms with Gasteiger partial charge in [-0.15, -0.1) is 0 Å². The summed E-state index contributed by atoms with van der Waals surface area (Å²) in [4.78, 5) is 26.0. The summed E-state index contributed by atoms with van der Waals surface area (Å²) in [6.45, 7) is 4.84. The Morgan fingerprint density at radius 3 is 2.25 bits per heavy atom. The summed E-state index contributed by atoms with van der Waals surface area (Å²) >= 11 is 0. The second-order valence-electron chi connectivity index (χ2n) is 5.48. The molecular formula is C20H24N2O2. The number of benzene rings is 2. The van der Waals surface area contributed by atoms with Gasteiger partial charge in [0.05, 0.1) is 0 Å². The zero-order chi connectivity index (χ0) is 17.4. The van der Waals surface area contributed by atoms with E-state index in [1.54, 1.807) is 4.90 Å². The minimum Gasteiger partial charge on any atom is -0.383 e. The number of hydrogen-bond donors (Lipinski definition) is 1. The molecule has 0 aliphatic rings. The normalized spacial score (nSPS) is 10.2. The van der Waals surface area contributed by atoms with E-state index in [-0.39, 0.29) is 11.7 Å². The van der Waals surface area contributed by atoms with E-state index in [9.17, 15) is 9.59 Å². The lowest BCUT2D eigenvalue weighted by Gasteiger charge is -2.23. The number of nitrogens with one attached hydrogen (secondary N) is 1. The highest BCUT2D eigenvalue weighted by Crippen LogP contribution is 2.18. The van der Waals surface area contributed by atoms with E-state index >= 15 is 0 Å². The fraction of sp³-hybridized carbons (Fsp3) is 0.300. The summed E-state index contributed by atoms with van der Waals surface area (Å²) in [7, 11) is 0. The number of para-hydroxylation sites is 2. The van der Waals surface area contributed by atoms with Crippen molar-refractivity contribution in [2.45, 2.75) is 26.7 Å². The van der Waals surface area contributed by atoms with E-state index in [0.29, 0.717) is 31.5 Å². The molecule has 1 amide bonds. The van der Waals surface area contributed by atoms with Crippen LogP contribution < -0.4 is 10.2 Å². The molecule has 0 aliphatic carbocycles. The van der Waals surface area contributed by atoms with E-state index in [4.69, 9.17) is 0 Å². The van der Waals surface area contributed by atoms with Gasteiger partial charge in [0, 0.05) is 42.9 Å². The Kier molecular flexibility index (Phi) is 6.55. The maximum atomic E-state index is 12.2. The summed E-state index contributed by atoms with van der Waals surface area (Å²) in [5.74, 6) is 0.198. The average molecular weight is 324 g/mol. The lowest BCUT2D eigenvalue weighted by atomic mass is 10.1. The molecule has 0 heterocycles. The van der Waals surface area contributed by atoms with E-state index in [1.165, 1.54) is 0 Å². The first kappa shape index (κ1) is 17.7. The SMILES string of the molecule is CCC(=O)c1ccccc1NCCN(C(=O)CC)c1ccccc1. The highest BCUT2D eigenvalue weighted by atomic mass is 16.2. The first-order valence-corrected chi connectivity index (χ1v) is 8.38. The number of amides is 1. The van der Waals surface area contributed by atoms with Gasteiger partial charge in [0.15, 0.2) is 5.78 Å². The maximum Gasteiger partial charge on any atom is 0.226 e. The van der Waals surface area contributed by atoms with Gasteiger partial charge >= 0.3 is 0 Å². The molecule has 126 valence electrons. The number of nitrogens with zero attached hydrogens (tertiary/aromatic N) is 1. The molecule has 2 aromatic carbocycles. The molecule has 0 aliphatic heterocycles. The number of hydrogen-bond acceptors (Lipinski definition) is 3. The first-order valence-electron chi connectivity index (χ1n) is 8.38. The van der Waals surface area contributed by atoms with Gasteiger partial charge in [-0.3, -0.25) is 9.59 Å². The van der Waals surface area contributed by atoms with Crippen LogP contribution in [0.3, 0.4) is 0 Å². The van der Waals surface area contributed by atoms with Gasteiger partial charge in [-0.25, -0.2) is 0 Å². The molecule has 0 bridgehead atoms. The van der Waals surface area contributed by atoms with Crippen molar-refractivity contribution >= 4 is 23.1 Å². The van der Waals surface area contributed by atoms with Gasteiger partial charge in [0.1, 0.15) is 0 Å². The number of carbonyl (C=O) groups excluding carboxylic acids is 2. The third kappa shape index (κ3) is 4.44. The Morgan fingerprint density at radius 2 is 1.58 bits per heavy atom. The Morgan fingerprint density at radius 1 is 0.917 bits per heavy atom. The van der Waals surface area contributed by atoms with Gasteiger partial charge in [-0.1, -0.05) is 44.2 Å².